The average Bonchev–Trinajstić information content (AvgIpc) is 3.10. The highest BCUT2D eigenvalue weighted by Crippen LogP contribution is 2.32. The van der Waals surface area contributed by atoms with E-state index in [9.17, 15) is 8.42 Å². The topological polar surface area (TPSA) is 72.2 Å². The van der Waals surface area contributed by atoms with Gasteiger partial charge in [0, 0.05) is 16.8 Å². The summed E-state index contributed by atoms with van der Waals surface area (Å²) in [5.41, 5.74) is 1.20. The van der Waals surface area contributed by atoms with Crippen molar-refractivity contribution in [3.05, 3.63) is 53.2 Å². The van der Waals surface area contributed by atoms with Crippen molar-refractivity contribution in [2.75, 3.05) is 4.72 Å². The first-order chi connectivity index (χ1) is 10.4. The Kier molecular flexibility index (Phi) is 3.94. The number of rotatable bonds is 4. The van der Waals surface area contributed by atoms with Gasteiger partial charge in [-0.05, 0) is 43.3 Å². The van der Waals surface area contributed by atoms with Gasteiger partial charge in [0.2, 0.25) is 0 Å². The monoisotopic (exact) mass is 354 g/mol. The molecule has 0 aliphatic heterocycles. The molecule has 0 aliphatic carbocycles. The molecule has 0 radical (unpaired) electrons. The number of sulfonamides is 1. The van der Waals surface area contributed by atoms with Crippen molar-refractivity contribution in [3.8, 4) is 10.6 Å². The summed E-state index contributed by atoms with van der Waals surface area (Å²) in [4.78, 5) is 0.706. The lowest BCUT2D eigenvalue weighted by molar-refractivity contribution is 0.428. The zero-order valence-electron chi connectivity index (χ0n) is 11.4. The van der Waals surface area contributed by atoms with E-state index in [1.165, 1.54) is 6.07 Å². The Balaban J connectivity index is 1.86. The van der Waals surface area contributed by atoms with Crippen molar-refractivity contribution in [1.82, 2.24) is 5.16 Å². The second-order valence-corrected chi connectivity index (χ2v) is 7.99. The second kappa shape index (κ2) is 5.75. The molecule has 5 nitrogen and oxygen atoms in total. The van der Waals surface area contributed by atoms with Crippen LogP contribution in [0.15, 0.2) is 51.2 Å². The smallest absolute Gasteiger partial charge is 0.271 e. The number of hydrogen-bond donors (Lipinski definition) is 1. The van der Waals surface area contributed by atoms with E-state index in [0.717, 1.165) is 17.0 Å². The fourth-order valence-corrected chi connectivity index (χ4v) is 4.24. The normalized spacial score (nSPS) is 11.5. The quantitative estimate of drug-likeness (QED) is 0.763. The molecule has 0 aliphatic rings. The number of thiophene rings is 1. The largest absolute Gasteiger partial charge is 0.355 e. The van der Waals surface area contributed by atoms with Gasteiger partial charge in [-0.15, -0.1) is 11.3 Å². The number of benzene rings is 1. The minimum atomic E-state index is -3.64. The van der Waals surface area contributed by atoms with E-state index in [1.807, 2.05) is 0 Å². The van der Waals surface area contributed by atoms with Crippen LogP contribution in [0.1, 0.15) is 5.69 Å². The summed E-state index contributed by atoms with van der Waals surface area (Å²) in [6.07, 6.45) is 0. The van der Waals surface area contributed by atoms with Gasteiger partial charge in [-0.1, -0.05) is 16.8 Å². The molecule has 3 aromatic rings. The first-order valence-corrected chi connectivity index (χ1v) is 8.94. The van der Waals surface area contributed by atoms with Crippen LogP contribution in [0.5, 0.6) is 0 Å². The highest BCUT2D eigenvalue weighted by atomic mass is 35.5. The minimum absolute atomic E-state index is 0.200. The summed E-state index contributed by atoms with van der Waals surface area (Å²) in [5, 5.41) is 4.34. The van der Waals surface area contributed by atoms with Gasteiger partial charge in [-0.3, -0.25) is 4.72 Å². The Morgan fingerprint density at radius 3 is 2.55 bits per heavy atom. The maximum Gasteiger partial charge on any atom is 0.271 e. The van der Waals surface area contributed by atoms with Gasteiger partial charge in [0.25, 0.3) is 10.0 Å². The van der Waals surface area contributed by atoms with Gasteiger partial charge in [-0.2, -0.15) is 0 Å². The standard InChI is InChI=1S/C14H11ClN2O3S2/c1-9-8-12(20-16-9)13-6-7-14(21-13)22(18,19)17-11-4-2-10(15)3-5-11/h2-8,17H,1H3. The van der Waals surface area contributed by atoms with Crippen molar-refractivity contribution in [1.29, 1.82) is 0 Å². The van der Waals surface area contributed by atoms with Crippen LogP contribution >= 0.6 is 22.9 Å². The second-order valence-electron chi connectivity index (χ2n) is 4.56. The number of halogens is 1. The molecular formula is C14H11ClN2O3S2. The van der Waals surface area contributed by atoms with Crippen molar-refractivity contribution >= 4 is 38.6 Å². The molecule has 0 bridgehead atoms. The van der Waals surface area contributed by atoms with Crippen LogP contribution in [-0.2, 0) is 10.0 Å². The lowest BCUT2D eigenvalue weighted by Gasteiger charge is -2.05. The van der Waals surface area contributed by atoms with E-state index < -0.39 is 10.0 Å². The minimum Gasteiger partial charge on any atom is -0.355 e. The molecule has 22 heavy (non-hydrogen) atoms. The Morgan fingerprint density at radius 1 is 1.18 bits per heavy atom. The van der Waals surface area contributed by atoms with Crippen molar-refractivity contribution in [2.45, 2.75) is 11.1 Å². The zero-order chi connectivity index (χ0) is 15.7. The molecule has 3 rings (SSSR count). The Labute approximate surface area is 136 Å². The van der Waals surface area contributed by atoms with E-state index >= 15 is 0 Å². The first kappa shape index (κ1) is 15.1. The molecule has 114 valence electrons. The van der Waals surface area contributed by atoms with Gasteiger partial charge < -0.3 is 4.52 Å². The third-order valence-electron chi connectivity index (χ3n) is 2.81. The zero-order valence-corrected chi connectivity index (χ0v) is 13.8. The number of anilines is 1. The van der Waals surface area contributed by atoms with Crippen LogP contribution in [-0.4, -0.2) is 13.6 Å². The van der Waals surface area contributed by atoms with Crippen LogP contribution in [0.2, 0.25) is 5.02 Å². The van der Waals surface area contributed by atoms with E-state index in [2.05, 4.69) is 9.88 Å². The van der Waals surface area contributed by atoms with Gasteiger partial charge in [0.15, 0.2) is 5.76 Å². The van der Waals surface area contributed by atoms with Crippen LogP contribution in [0.3, 0.4) is 0 Å². The molecular weight excluding hydrogens is 344 g/mol. The SMILES string of the molecule is Cc1cc(-c2ccc(S(=O)(=O)Nc3ccc(Cl)cc3)s2)on1. The van der Waals surface area contributed by atoms with E-state index in [1.54, 1.807) is 43.3 Å². The predicted molar refractivity (Wildman–Crippen MR) is 86.8 cm³/mol. The average molecular weight is 355 g/mol. The molecule has 1 N–H and O–H groups in total. The molecule has 0 fully saturated rings. The first-order valence-electron chi connectivity index (χ1n) is 6.26. The summed E-state index contributed by atoms with van der Waals surface area (Å²) >= 11 is 6.90. The van der Waals surface area contributed by atoms with E-state index in [0.29, 0.717) is 21.3 Å². The third-order valence-corrected chi connectivity index (χ3v) is 6.04. The fraction of sp³-hybridized carbons (Fsp3) is 0.0714. The predicted octanol–water partition coefficient (Wildman–Crippen LogP) is 4.17. The molecule has 0 unspecified atom stereocenters. The summed E-state index contributed by atoms with van der Waals surface area (Å²) < 4.78 is 32.6. The molecule has 0 saturated carbocycles. The number of nitrogens with one attached hydrogen (secondary N) is 1. The van der Waals surface area contributed by atoms with Gasteiger partial charge >= 0.3 is 0 Å². The van der Waals surface area contributed by atoms with Gasteiger partial charge in [-0.25, -0.2) is 8.42 Å². The molecule has 2 heterocycles. The number of aromatic nitrogens is 1. The summed E-state index contributed by atoms with van der Waals surface area (Å²) in [6.45, 7) is 1.81. The summed E-state index contributed by atoms with van der Waals surface area (Å²) in [5.74, 6) is 0.551. The lowest BCUT2D eigenvalue weighted by atomic mass is 10.3. The van der Waals surface area contributed by atoms with Crippen LogP contribution < -0.4 is 4.72 Å². The number of nitrogens with zero attached hydrogens (tertiary/aromatic N) is 1. The van der Waals surface area contributed by atoms with Crippen molar-refractivity contribution < 1.29 is 12.9 Å². The van der Waals surface area contributed by atoms with Crippen LogP contribution in [0, 0.1) is 6.92 Å². The molecule has 0 amide bonds. The van der Waals surface area contributed by atoms with E-state index in [-0.39, 0.29) is 4.21 Å². The van der Waals surface area contributed by atoms with Gasteiger partial charge in [0.1, 0.15) is 4.21 Å². The number of hydrogen-bond acceptors (Lipinski definition) is 5. The third kappa shape index (κ3) is 3.16. The lowest BCUT2D eigenvalue weighted by Crippen LogP contribution is -2.11. The molecule has 0 saturated heterocycles. The van der Waals surface area contributed by atoms with Gasteiger partial charge in [0.05, 0.1) is 10.6 Å². The molecule has 2 aromatic heterocycles. The maximum atomic E-state index is 12.4. The van der Waals surface area contributed by atoms with E-state index in [4.69, 9.17) is 16.1 Å². The molecule has 0 spiro atoms. The number of aryl methyl sites for hydroxylation is 1. The van der Waals surface area contributed by atoms with Crippen LogP contribution in [0.4, 0.5) is 5.69 Å². The summed E-state index contributed by atoms with van der Waals surface area (Å²) in [6, 6.07) is 11.4. The van der Waals surface area contributed by atoms with Crippen LogP contribution in [0.25, 0.3) is 10.6 Å². The highest BCUT2D eigenvalue weighted by Gasteiger charge is 2.18. The molecule has 8 heteroatoms. The Hall–Kier alpha value is -1.83. The molecule has 0 atom stereocenters. The van der Waals surface area contributed by atoms with Crippen molar-refractivity contribution in [3.63, 3.8) is 0 Å². The molecule has 1 aromatic carbocycles. The Bertz CT molecular complexity index is 898. The fourth-order valence-electron chi connectivity index (χ4n) is 1.80. The Morgan fingerprint density at radius 2 is 1.91 bits per heavy atom. The highest BCUT2D eigenvalue weighted by molar-refractivity contribution is 7.94. The summed E-state index contributed by atoms with van der Waals surface area (Å²) in [7, 11) is -3.64. The van der Waals surface area contributed by atoms with Crippen molar-refractivity contribution in [2.24, 2.45) is 0 Å². The maximum absolute atomic E-state index is 12.4.